The Labute approximate surface area is 266 Å². The first-order valence-corrected chi connectivity index (χ1v) is 15.6. The normalized spacial score (nSPS) is 12.3. The van der Waals surface area contributed by atoms with Crippen molar-refractivity contribution in [3.8, 4) is 22.4 Å². The predicted molar refractivity (Wildman–Crippen MR) is 190 cm³/mol. The van der Waals surface area contributed by atoms with Gasteiger partial charge in [-0.25, -0.2) is 9.97 Å². The van der Waals surface area contributed by atoms with Crippen molar-refractivity contribution in [3.63, 3.8) is 0 Å². The minimum Gasteiger partial charge on any atom is -0.455 e. The molecule has 0 atom stereocenters. The Morgan fingerprint density at radius 1 is 0.447 bits per heavy atom. The highest BCUT2D eigenvalue weighted by molar-refractivity contribution is 6.24. The van der Waals surface area contributed by atoms with Gasteiger partial charge in [0.15, 0.2) is 0 Å². The van der Waals surface area contributed by atoms with Crippen molar-refractivity contribution in [1.29, 1.82) is 0 Å². The summed E-state index contributed by atoms with van der Waals surface area (Å²) in [6, 6.07) is 43.8. The van der Waals surface area contributed by atoms with Crippen LogP contribution in [-0.4, -0.2) is 9.97 Å². The molecule has 0 spiro atoms. The Hall–Kier alpha value is -6.46. The fourth-order valence-electron chi connectivity index (χ4n) is 7.39. The fraction of sp³-hybridized carbons (Fsp3) is 0. The zero-order valence-corrected chi connectivity index (χ0v) is 24.8. The topological polar surface area (TPSA) is 65.2 Å². The standard InChI is InChI=1S/C42H22N2O3/c1-3-11-26-23(9-1)19-30(40-37(26)28-13-5-7-15-34(28)45-40)25-17-18-36-32(21-25)39-42(47-36)44-33(22-43-39)31-20-24-10-2-4-12-27(24)38-29-14-6-8-16-35(29)46-41(31)38/h1-22H. The lowest BCUT2D eigenvalue weighted by Gasteiger charge is -2.07. The van der Waals surface area contributed by atoms with E-state index in [-0.39, 0.29) is 0 Å². The summed E-state index contributed by atoms with van der Waals surface area (Å²) >= 11 is 0. The average molecular weight is 603 g/mol. The second-order valence-electron chi connectivity index (χ2n) is 12.1. The molecule has 11 rings (SSSR count). The quantitative estimate of drug-likeness (QED) is 0.197. The summed E-state index contributed by atoms with van der Waals surface area (Å²) in [5, 5.41) is 9.91. The second kappa shape index (κ2) is 9.05. The van der Waals surface area contributed by atoms with Crippen LogP contribution in [0.3, 0.4) is 0 Å². The van der Waals surface area contributed by atoms with Gasteiger partial charge in [-0.15, -0.1) is 0 Å². The Bertz CT molecular complexity index is 3090. The van der Waals surface area contributed by atoms with E-state index in [1.54, 1.807) is 0 Å². The molecular formula is C42H22N2O3. The molecule has 0 aliphatic carbocycles. The molecule has 0 radical (unpaired) electrons. The summed E-state index contributed by atoms with van der Waals surface area (Å²) in [5.74, 6) is 0. The molecule has 11 aromatic rings. The first-order valence-electron chi connectivity index (χ1n) is 15.6. The van der Waals surface area contributed by atoms with Crippen molar-refractivity contribution in [2.24, 2.45) is 0 Å². The molecule has 5 nitrogen and oxygen atoms in total. The molecule has 218 valence electrons. The van der Waals surface area contributed by atoms with Crippen molar-refractivity contribution in [1.82, 2.24) is 9.97 Å². The van der Waals surface area contributed by atoms with Gasteiger partial charge < -0.3 is 13.3 Å². The lowest BCUT2D eigenvalue weighted by molar-refractivity contribution is 0.653. The molecule has 0 bridgehead atoms. The van der Waals surface area contributed by atoms with Gasteiger partial charge in [0.25, 0.3) is 0 Å². The summed E-state index contributed by atoms with van der Waals surface area (Å²) in [5.41, 5.74) is 8.96. The van der Waals surface area contributed by atoms with Crippen LogP contribution in [0.2, 0.25) is 0 Å². The van der Waals surface area contributed by atoms with Crippen LogP contribution in [0.15, 0.2) is 147 Å². The molecular weight excluding hydrogens is 580 g/mol. The van der Waals surface area contributed by atoms with Gasteiger partial charge in [0, 0.05) is 38.1 Å². The molecule has 0 N–H and O–H groups in total. The van der Waals surface area contributed by atoms with E-state index in [1.807, 2.05) is 42.6 Å². The largest absolute Gasteiger partial charge is 0.455 e. The number of hydrogen-bond donors (Lipinski definition) is 0. The smallest absolute Gasteiger partial charge is 0.246 e. The SMILES string of the molecule is c1ccc2c(c1)cc(-c1ccc3oc4nc(-c5cc6ccccc6c6c5oc5ccccc56)cnc4c3c1)c1oc3ccccc3c12. The number of hydrogen-bond acceptors (Lipinski definition) is 5. The van der Waals surface area contributed by atoms with E-state index >= 15 is 0 Å². The molecule has 0 aliphatic rings. The third-order valence-electron chi connectivity index (χ3n) is 9.51. The van der Waals surface area contributed by atoms with Crippen LogP contribution in [0.5, 0.6) is 0 Å². The Balaban J connectivity index is 1.13. The van der Waals surface area contributed by atoms with E-state index in [9.17, 15) is 0 Å². The van der Waals surface area contributed by atoms with Gasteiger partial charge in [-0.2, -0.15) is 0 Å². The summed E-state index contributed by atoms with van der Waals surface area (Å²) in [6.45, 7) is 0. The summed E-state index contributed by atoms with van der Waals surface area (Å²) in [6.07, 6.45) is 1.83. The number of aromatic nitrogens is 2. The number of para-hydroxylation sites is 2. The van der Waals surface area contributed by atoms with Crippen LogP contribution in [0, 0.1) is 0 Å². The molecule has 0 saturated heterocycles. The summed E-state index contributed by atoms with van der Waals surface area (Å²) < 4.78 is 19.3. The first-order chi connectivity index (χ1) is 23.3. The molecule has 7 aromatic carbocycles. The van der Waals surface area contributed by atoms with Gasteiger partial charge in [-0.3, -0.25) is 0 Å². The molecule has 0 amide bonds. The maximum atomic E-state index is 6.52. The predicted octanol–water partition coefficient (Wildman–Crippen LogP) is 11.8. The highest BCUT2D eigenvalue weighted by atomic mass is 16.3. The number of furan rings is 3. The summed E-state index contributed by atoms with van der Waals surface area (Å²) in [7, 11) is 0. The number of fused-ring (bicyclic) bond motifs is 13. The van der Waals surface area contributed by atoms with Crippen LogP contribution in [0.1, 0.15) is 0 Å². The first kappa shape index (κ1) is 24.8. The maximum absolute atomic E-state index is 6.52. The molecule has 0 saturated carbocycles. The molecule has 4 aromatic heterocycles. The summed E-state index contributed by atoms with van der Waals surface area (Å²) in [4.78, 5) is 9.97. The Morgan fingerprint density at radius 3 is 1.68 bits per heavy atom. The van der Waals surface area contributed by atoms with Crippen molar-refractivity contribution in [3.05, 3.63) is 134 Å². The van der Waals surface area contributed by atoms with Crippen LogP contribution in [-0.2, 0) is 0 Å². The lowest BCUT2D eigenvalue weighted by atomic mass is 9.96. The van der Waals surface area contributed by atoms with Crippen LogP contribution < -0.4 is 0 Å². The Morgan fingerprint density at radius 2 is 1.00 bits per heavy atom. The lowest BCUT2D eigenvalue weighted by Crippen LogP contribution is -1.88. The van der Waals surface area contributed by atoms with E-state index in [4.69, 9.17) is 23.2 Å². The van der Waals surface area contributed by atoms with E-state index < -0.39 is 0 Å². The van der Waals surface area contributed by atoms with Gasteiger partial charge in [0.05, 0.1) is 11.9 Å². The number of nitrogens with zero attached hydrogens (tertiary/aromatic N) is 2. The van der Waals surface area contributed by atoms with E-state index in [1.165, 1.54) is 5.39 Å². The van der Waals surface area contributed by atoms with Crippen LogP contribution in [0.25, 0.3) is 110 Å². The van der Waals surface area contributed by atoms with Gasteiger partial charge in [0.1, 0.15) is 33.4 Å². The molecule has 0 fully saturated rings. The third-order valence-corrected chi connectivity index (χ3v) is 9.51. The van der Waals surface area contributed by atoms with Crippen LogP contribution in [0.4, 0.5) is 0 Å². The molecule has 0 unspecified atom stereocenters. The van der Waals surface area contributed by atoms with Crippen LogP contribution >= 0.6 is 0 Å². The van der Waals surface area contributed by atoms with E-state index in [2.05, 4.69) is 91.0 Å². The van der Waals surface area contributed by atoms with Crippen molar-refractivity contribution in [2.45, 2.75) is 0 Å². The maximum Gasteiger partial charge on any atom is 0.246 e. The zero-order valence-electron chi connectivity index (χ0n) is 24.8. The highest BCUT2D eigenvalue weighted by Crippen LogP contribution is 2.43. The van der Waals surface area contributed by atoms with Crippen molar-refractivity contribution >= 4 is 87.6 Å². The number of rotatable bonds is 2. The zero-order chi connectivity index (χ0) is 30.6. The van der Waals surface area contributed by atoms with E-state index in [0.717, 1.165) is 87.7 Å². The minimum atomic E-state index is 0.486. The van der Waals surface area contributed by atoms with Gasteiger partial charge in [0.2, 0.25) is 5.71 Å². The highest BCUT2D eigenvalue weighted by Gasteiger charge is 2.20. The molecule has 0 aliphatic heterocycles. The molecule has 5 heteroatoms. The van der Waals surface area contributed by atoms with E-state index in [0.29, 0.717) is 16.9 Å². The molecule has 4 heterocycles. The Kier molecular flexibility index (Phi) is 4.78. The van der Waals surface area contributed by atoms with Crippen molar-refractivity contribution in [2.75, 3.05) is 0 Å². The van der Waals surface area contributed by atoms with Gasteiger partial charge in [-0.05, 0) is 63.5 Å². The second-order valence-corrected chi connectivity index (χ2v) is 12.1. The minimum absolute atomic E-state index is 0.486. The number of benzene rings is 7. The van der Waals surface area contributed by atoms with Crippen molar-refractivity contribution < 1.29 is 13.3 Å². The molecule has 47 heavy (non-hydrogen) atoms. The third kappa shape index (κ3) is 3.43. The van der Waals surface area contributed by atoms with Gasteiger partial charge in [-0.1, -0.05) is 91.0 Å². The average Bonchev–Trinajstić information content (AvgIpc) is 3.82. The van der Waals surface area contributed by atoms with Gasteiger partial charge >= 0.3 is 0 Å². The fourth-order valence-corrected chi connectivity index (χ4v) is 7.39. The monoisotopic (exact) mass is 602 g/mol.